The van der Waals surface area contributed by atoms with E-state index >= 15 is 0 Å². The van der Waals surface area contributed by atoms with Gasteiger partial charge in [-0.2, -0.15) is 0 Å². The number of carbonyl (C=O) groups excluding carboxylic acids is 1. The Bertz CT molecular complexity index is 1840. The maximum absolute atomic E-state index is 14.1. The summed E-state index contributed by atoms with van der Waals surface area (Å²) in [5.41, 5.74) is 4.36. The zero-order valence-electron chi connectivity index (χ0n) is 23.0. The Labute approximate surface area is 247 Å². The molecule has 2 N–H and O–H groups in total. The third kappa shape index (κ3) is 4.63. The smallest absolute Gasteiger partial charge is 0.277 e. The number of carbonyl (C=O) groups is 1. The highest BCUT2D eigenvalue weighted by molar-refractivity contribution is 7.10. The van der Waals surface area contributed by atoms with Crippen LogP contribution in [0.3, 0.4) is 0 Å². The molecule has 8 heteroatoms. The molecule has 0 saturated carbocycles. The van der Waals surface area contributed by atoms with Gasteiger partial charge in [0.05, 0.1) is 18.4 Å². The molecule has 0 unspecified atom stereocenters. The first kappa shape index (κ1) is 26.1. The Morgan fingerprint density at radius 3 is 2.43 bits per heavy atom. The van der Waals surface area contributed by atoms with Crippen LogP contribution in [0.1, 0.15) is 46.2 Å². The van der Waals surface area contributed by atoms with Gasteiger partial charge in [0.2, 0.25) is 0 Å². The maximum atomic E-state index is 14.1. The second-order valence-corrected chi connectivity index (χ2v) is 11.5. The summed E-state index contributed by atoms with van der Waals surface area (Å²) in [6.45, 7) is 0.360. The number of hydrogen-bond donors (Lipinski definition) is 2. The van der Waals surface area contributed by atoms with E-state index in [1.807, 2.05) is 90.3 Å². The molecule has 0 saturated heterocycles. The van der Waals surface area contributed by atoms with E-state index in [1.165, 1.54) is 4.88 Å². The number of nitrogens with one attached hydrogen (secondary N) is 2. The number of benzene rings is 3. The van der Waals surface area contributed by atoms with Gasteiger partial charge in [0, 0.05) is 34.4 Å². The number of aromatic nitrogens is 2. The topological polar surface area (TPSA) is 85.4 Å². The molecule has 0 radical (unpaired) electrons. The van der Waals surface area contributed by atoms with Gasteiger partial charge in [-0.15, -0.1) is 11.3 Å². The molecule has 2 aliphatic rings. The minimum absolute atomic E-state index is 0.0484. The minimum atomic E-state index is -0.563. The van der Waals surface area contributed by atoms with Crippen LogP contribution < -0.4 is 20.3 Å². The Balaban J connectivity index is 1.35. The van der Waals surface area contributed by atoms with Crippen LogP contribution in [-0.2, 0) is 11.4 Å². The fourth-order valence-electron chi connectivity index (χ4n) is 6.03. The largest absolute Gasteiger partial charge is 0.493 e. The Morgan fingerprint density at radius 1 is 0.905 bits per heavy atom. The molecular weight excluding hydrogens is 546 g/mol. The number of aromatic amines is 1. The van der Waals surface area contributed by atoms with Crippen molar-refractivity contribution in [3.63, 3.8) is 0 Å². The number of thiophene rings is 1. The molecule has 5 aromatic rings. The highest BCUT2D eigenvalue weighted by Crippen LogP contribution is 2.48. The average molecular weight is 576 g/mol. The third-order valence-electron chi connectivity index (χ3n) is 8.01. The third-order valence-corrected chi connectivity index (χ3v) is 9.04. The molecule has 3 heterocycles. The zero-order chi connectivity index (χ0) is 28.6. The van der Waals surface area contributed by atoms with Crippen LogP contribution in [0.15, 0.2) is 112 Å². The first-order valence-corrected chi connectivity index (χ1v) is 14.8. The molecule has 42 heavy (non-hydrogen) atoms. The number of hydrogen-bond acceptors (Lipinski definition) is 6. The van der Waals surface area contributed by atoms with Crippen LogP contribution in [0.4, 0.5) is 5.82 Å². The maximum Gasteiger partial charge on any atom is 0.277 e. The zero-order valence-corrected chi connectivity index (χ0v) is 23.8. The fraction of sp³-hybridized carbons (Fsp3) is 0.176. The summed E-state index contributed by atoms with van der Waals surface area (Å²) in [5.74, 6) is 1.32. The van der Waals surface area contributed by atoms with E-state index in [4.69, 9.17) is 9.47 Å². The lowest BCUT2D eigenvalue weighted by Gasteiger charge is -2.34. The number of ketones is 1. The normalized spacial score (nSPS) is 17.8. The van der Waals surface area contributed by atoms with Gasteiger partial charge >= 0.3 is 0 Å². The van der Waals surface area contributed by atoms with Crippen LogP contribution in [0.2, 0.25) is 0 Å². The van der Waals surface area contributed by atoms with Crippen molar-refractivity contribution < 1.29 is 14.3 Å². The second kappa shape index (κ2) is 10.9. The number of H-pyrrole nitrogens is 1. The molecule has 0 bridgehead atoms. The number of allylic oxidation sites excluding steroid dienone is 2. The lowest BCUT2D eigenvalue weighted by atomic mass is 9.74. The molecule has 7 nitrogen and oxygen atoms in total. The number of para-hydroxylation sites is 1. The van der Waals surface area contributed by atoms with Crippen molar-refractivity contribution in [1.82, 2.24) is 9.78 Å². The van der Waals surface area contributed by atoms with Crippen molar-refractivity contribution >= 4 is 22.9 Å². The van der Waals surface area contributed by atoms with Crippen molar-refractivity contribution in [1.29, 1.82) is 0 Å². The van der Waals surface area contributed by atoms with Gasteiger partial charge in [0.1, 0.15) is 12.4 Å². The summed E-state index contributed by atoms with van der Waals surface area (Å²) < 4.78 is 13.4. The summed E-state index contributed by atoms with van der Waals surface area (Å²) in [6, 6.07) is 29.2. The van der Waals surface area contributed by atoms with Crippen molar-refractivity contribution in [3.8, 4) is 17.2 Å². The van der Waals surface area contributed by atoms with Crippen molar-refractivity contribution in [2.24, 2.45) is 0 Å². The van der Waals surface area contributed by atoms with Crippen LogP contribution in [0, 0.1) is 0 Å². The molecule has 0 amide bonds. The van der Waals surface area contributed by atoms with Crippen LogP contribution >= 0.6 is 11.3 Å². The fourth-order valence-corrected chi connectivity index (χ4v) is 6.86. The summed E-state index contributed by atoms with van der Waals surface area (Å²) in [4.78, 5) is 29.2. The van der Waals surface area contributed by atoms with Gasteiger partial charge in [0.15, 0.2) is 17.3 Å². The number of ether oxygens (including phenoxy) is 2. The standard InChI is InChI=1S/C34H29N3O4S/c1-40-27-15-14-22(19-28(27)41-20-21-9-4-2-5-10-21)30-31-25(17-23(18-26(31)38)29-13-8-16-42-29)35-33-32(30)34(39)37(36-33)24-11-6-3-7-12-24/h2-16,19,23,30,35-36H,17-18,20H2,1H3/t23-,30-/m0/s1. The molecule has 1 aliphatic carbocycles. The second-order valence-electron chi connectivity index (χ2n) is 10.6. The lowest BCUT2D eigenvalue weighted by molar-refractivity contribution is -0.116. The van der Waals surface area contributed by atoms with Gasteiger partial charge < -0.3 is 14.8 Å². The molecule has 0 fully saturated rings. The number of anilines is 1. The predicted octanol–water partition coefficient (Wildman–Crippen LogP) is 6.77. The predicted molar refractivity (Wildman–Crippen MR) is 164 cm³/mol. The van der Waals surface area contributed by atoms with Crippen LogP contribution in [0.25, 0.3) is 5.69 Å². The van der Waals surface area contributed by atoms with Crippen LogP contribution in [-0.4, -0.2) is 22.7 Å². The molecule has 210 valence electrons. The highest BCUT2D eigenvalue weighted by atomic mass is 32.1. The summed E-state index contributed by atoms with van der Waals surface area (Å²) in [5, 5.41) is 8.81. The van der Waals surface area contributed by atoms with E-state index in [0.717, 1.165) is 22.5 Å². The molecule has 3 aromatic carbocycles. The van der Waals surface area contributed by atoms with E-state index in [2.05, 4.69) is 16.5 Å². The quantitative estimate of drug-likeness (QED) is 0.224. The number of rotatable bonds is 7. The monoisotopic (exact) mass is 575 g/mol. The van der Waals surface area contributed by atoms with Crippen molar-refractivity contribution in [2.45, 2.75) is 31.3 Å². The Hall–Kier alpha value is -4.82. The number of fused-ring (bicyclic) bond motifs is 1. The van der Waals surface area contributed by atoms with Gasteiger partial charge in [-0.1, -0.05) is 60.7 Å². The van der Waals surface area contributed by atoms with Gasteiger partial charge in [-0.25, -0.2) is 4.68 Å². The molecular formula is C34H29N3O4S. The molecule has 2 atom stereocenters. The Kier molecular flexibility index (Phi) is 6.76. The van der Waals surface area contributed by atoms with Gasteiger partial charge in [-0.3, -0.25) is 14.7 Å². The Morgan fingerprint density at radius 2 is 1.69 bits per heavy atom. The minimum Gasteiger partial charge on any atom is -0.493 e. The van der Waals surface area contributed by atoms with E-state index < -0.39 is 5.92 Å². The van der Waals surface area contributed by atoms with Gasteiger partial charge in [0.25, 0.3) is 5.56 Å². The first-order chi connectivity index (χ1) is 20.6. The van der Waals surface area contributed by atoms with Crippen LogP contribution in [0.5, 0.6) is 11.5 Å². The van der Waals surface area contributed by atoms with Crippen molar-refractivity contribution in [3.05, 3.63) is 140 Å². The van der Waals surface area contributed by atoms with Gasteiger partial charge in [-0.05, 0) is 53.3 Å². The number of Topliss-reactive ketones (excluding diaryl/α,β-unsaturated/α-hetero) is 1. The summed E-state index contributed by atoms with van der Waals surface area (Å²) >= 11 is 1.67. The SMILES string of the molecule is COc1ccc([C@H]2C3=C(C[C@H](c4cccs4)CC3=O)Nc3[nH]n(-c4ccccc4)c(=O)c32)cc1OCc1ccccc1. The van der Waals surface area contributed by atoms with E-state index in [-0.39, 0.29) is 17.3 Å². The summed E-state index contributed by atoms with van der Waals surface area (Å²) in [7, 11) is 1.60. The highest BCUT2D eigenvalue weighted by Gasteiger charge is 2.41. The summed E-state index contributed by atoms with van der Waals surface area (Å²) in [6.07, 6.45) is 1.08. The molecule has 2 aromatic heterocycles. The lowest BCUT2D eigenvalue weighted by Crippen LogP contribution is -2.31. The first-order valence-electron chi connectivity index (χ1n) is 13.9. The van der Waals surface area contributed by atoms with E-state index in [1.54, 1.807) is 23.1 Å². The molecule has 1 aliphatic heterocycles. The van der Waals surface area contributed by atoms with Crippen molar-refractivity contribution in [2.75, 3.05) is 12.4 Å². The number of methoxy groups -OCH3 is 1. The van der Waals surface area contributed by atoms with E-state index in [9.17, 15) is 9.59 Å². The van der Waals surface area contributed by atoms with E-state index in [0.29, 0.717) is 47.9 Å². The molecule has 7 rings (SSSR count). The average Bonchev–Trinajstić information content (AvgIpc) is 3.68. The molecule has 0 spiro atoms. The number of nitrogens with zero attached hydrogens (tertiary/aromatic N) is 1.